The van der Waals surface area contributed by atoms with Crippen molar-refractivity contribution in [3.63, 3.8) is 0 Å². The van der Waals surface area contributed by atoms with Gasteiger partial charge in [0.05, 0.1) is 12.7 Å². The second kappa shape index (κ2) is 8.35. The maximum absolute atomic E-state index is 11.6. The molecule has 0 N–H and O–H groups in total. The van der Waals surface area contributed by atoms with Crippen LogP contribution in [-0.4, -0.2) is 54.7 Å². The highest BCUT2D eigenvalue weighted by Crippen LogP contribution is 2.39. The first-order valence-electron chi connectivity index (χ1n) is 8.91. The molecule has 8 nitrogen and oxygen atoms in total. The minimum atomic E-state index is -0.858. The van der Waals surface area contributed by atoms with Crippen LogP contribution in [0.3, 0.4) is 0 Å². The van der Waals surface area contributed by atoms with Crippen molar-refractivity contribution in [1.82, 2.24) is 0 Å². The zero-order valence-corrected chi connectivity index (χ0v) is 16.0. The van der Waals surface area contributed by atoms with E-state index in [9.17, 15) is 14.4 Å². The maximum atomic E-state index is 11.6. The van der Waals surface area contributed by atoms with Crippen molar-refractivity contribution in [3.8, 4) is 0 Å². The highest BCUT2D eigenvalue weighted by molar-refractivity contribution is 5.67. The minimum absolute atomic E-state index is 0.162. The van der Waals surface area contributed by atoms with Gasteiger partial charge in [0.2, 0.25) is 0 Å². The van der Waals surface area contributed by atoms with Gasteiger partial charge in [0.15, 0.2) is 5.79 Å². The molecule has 1 saturated heterocycles. The van der Waals surface area contributed by atoms with E-state index in [4.69, 9.17) is 23.7 Å². The van der Waals surface area contributed by atoms with E-state index in [1.165, 1.54) is 20.8 Å². The van der Waals surface area contributed by atoms with Crippen LogP contribution < -0.4 is 0 Å². The zero-order chi connectivity index (χ0) is 19.5. The van der Waals surface area contributed by atoms with Crippen molar-refractivity contribution < 1.29 is 38.1 Å². The van der Waals surface area contributed by atoms with Gasteiger partial charge in [-0.2, -0.15) is 0 Å². The Balaban J connectivity index is 2.27. The highest BCUT2D eigenvalue weighted by Gasteiger charge is 2.51. The topological polar surface area (TPSA) is 97.4 Å². The van der Waals surface area contributed by atoms with Gasteiger partial charge >= 0.3 is 17.9 Å². The summed E-state index contributed by atoms with van der Waals surface area (Å²) < 4.78 is 28.1. The molecule has 0 spiro atoms. The quantitative estimate of drug-likeness (QED) is 0.544. The summed E-state index contributed by atoms with van der Waals surface area (Å²) in [5, 5.41) is 0. The molecule has 0 amide bonds. The Kier molecular flexibility index (Phi) is 6.63. The zero-order valence-electron chi connectivity index (χ0n) is 16.0. The number of carbonyl (C=O) groups is 3. The largest absolute Gasteiger partial charge is 0.465 e. The second-order valence-corrected chi connectivity index (χ2v) is 7.32. The van der Waals surface area contributed by atoms with E-state index in [1.807, 2.05) is 0 Å². The monoisotopic (exact) mass is 372 g/mol. The summed E-state index contributed by atoms with van der Waals surface area (Å²) >= 11 is 0. The molecule has 0 bridgehead atoms. The van der Waals surface area contributed by atoms with Crippen LogP contribution >= 0.6 is 0 Å². The van der Waals surface area contributed by atoms with Gasteiger partial charge in [-0.1, -0.05) is 0 Å². The average Bonchev–Trinajstić information content (AvgIpc) is 2.79. The summed E-state index contributed by atoms with van der Waals surface area (Å²) in [6, 6.07) is 0. The molecule has 2 rings (SSSR count). The minimum Gasteiger partial charge on any atom is -0.465 e. The van der Waals surface area contributed by atoms with E-state index in [-0.39, 0.29) is 18.5 Å². The van der Waals surface area contributed by atoms with Crippen LogP contribution in [0, 0.1) is 5.92 Å². The second-order valence-electron chi connectivity index (χ2n) is 7.32. The smallest absolute Gasteiger partial charge is 0.302 e. The third-order valence-electron chi connectivity index (χ3n) is 4.50. The summed E-state index contributed by atoms with van der Waals surface area (Å²) in [7, 11) is 0. The third kappa shape index (κ3) is 5.67. The molecule has 2 aliphatic rings. The Morgan fingerprint density at radius 1 is 0.923 bits per heavy atom. The van der Waals surface area contributed by atoms with E-state index in [2.05, 4.69) is 0 Å². The maximum Gasteiger partial charge on any atom is 0.302 e. The summed E-state index contributed by atoms with van der Waals surface area (Å²) in [5.41, 5.74) is 0. The Morgan fingerprint density at radius 2 is 1.54 bits per heavy atom. The van der Waals surface area contributed by atoms with Gasteiger partial charge in [-0.05, 0) is 26.7 Å². The molecule has 0 radical (unpaired) electrons. The molecular formula is C18H28O8. The van der Waals surface area contributed by atoms with Crippen LogP contribution in [0.5, 0.6) is 0 Å². The van der Waals surface area contributed by atoms with Gasteiger partial charge in [-0.3, -0.25) is 14.4 Å². The number of esters is 3. The van der Waals surface area contributed by atoms with Crippen LogP contribution in [0.15, 0.2) is 0 Å². The molecule has 26 heavy (non-hydrogen) atoms. The molecule has 148 valence electrons. The molecule has 1 aliphatic carbocycles. The first-order valence-corrected chi connectivity index (χ1v) is 8.91. The number of ether oxygens (including phenoxy) is 5. The first-order chi connectivity index (χ1) is 12.1. The van der Waals surface area contributed by atoms with Crippen molar-refractivity contribution in [2.75, 3.05) is 6.61 Å². The molecule has 0 aromatic carbocycles. The fraction of sp³-hybridized carbons (Fsp3) is 0.833. The van der Waals surface area contributed by atoms with Gasteiger partial charge in [0.1, 0.15) is 18.3 Å². The molecule has 1 aliphatic heterocycles. The summed E-state index contributed by atoms with van der Waals surface area (Å²) in [6.07, 6.45) is -0.455. The number of carbonyl (C=O) groups excluding carboxylic acids is 3. The summed E-state index contributed by atoms with van der Waals surface area (Å²) in [6.45, 7) is 7.75. The van der Waals surface area contributed by atoms with E-state index in [0.717, 1.165) is 0 Å². The Morgan fingerprint density at radius 3 is 2.12 bits per heavy atom. The van der Waals surface area contributed by atoms with Crippen molar-refractivity contribution in [3.05, 3.63) is 0 Å². The van der Waals surface area contributed by atoms with Crippen molar-refractivity contribution in [1.29, 1.82) is 0 Å². The average molecular weight is 372 g/mol. The Hall–Kier alpha value is -1.67. The predicted molar refractivity (Wildman–Crippen MR) is 88.9 cm³/mol. The number of fused-ring (bicyclic) bond motifs is 1. The van der Waals surface area contributed by atoms with Crippen LogP contribution in [-0.2, 0) is 38.1 Å². The SMILES string of the molecule is CC(=O)OCC1CCC(OC(C)=O)CC(OC(C)=O)C2OC(C)(C)OC12. The van der Waals surface area contributed by atoms with Crippen molar-refractivity contribution in [2.24, 2.45) is 5.92 Å². The summed E-state index contributed by atoms with van der Waals surface area (Å²) in [5.74, 6) is -2.24. The van der Waals surface area contributed by atoms with Gasteiger partial charge in [-0.15, -0.1) is 0 Å². The fourth-order valence-corrected chi connectivity index (χ4v) is 3.62. The van der Waals surface area contributed by atoms with Crippen LogP contribution in [0.25, 0.3) is 0 Å². The molecule has 0 aromatic rings. The molecule has 5 unspecified atom stereocenters. The van der Waals surface area contributed by atoms with Crippen LogP contribution in [0.4, 0.5) is 0 Å². The van der Waals surface area contributed by atoms with Crippen molar-refractivity contribution in [2.45, 2.75) is 84.1 Å². The highest BCUT2D eigenvalue weighted by atomic mass is 16.8. The van der Waals surface area contributed by atoms with Crippen LogP contribution in [0.1, 0.15) is 53.9 Å². The van der Waals surface area contributed by atoms with Gasteiger partial charge in [0.25, 0.3) is 0 Å². The Bertz CT molecular complexity index is 543. The predicted octanol–water partition coefficient (Wildman–Crippen LogP) is 1.73. The lowest BCUT2D eigenvalue weighted by Crippen LogP contribution is -2.47. The molecule has 5 atom stereocenters. The van der Waals surface area contributed by atoms with Gasteiger partial charge < -0.3 is 23.7 Å². The van der Waals surface area contributed by atoms with Crippen molar-refractivity contribution >= 4 is 17.9 Å². The van der Waals surface area contributed by atoms with Crippen LogP contribution in [0.2, 0.25) is 0 Å². The van der Waals surface area contributed by atoms with Gasteiger partial charge in [0, 0.05) is 33.1 Å². The lowest BCUT2D eigenvalue weighted by atomic mass is 9.84. The molecule has 2 fully saturated rings. The Labute approximate surface area is 153 Å². The lowest BCUT2D eigenvalue weighted by Gasteiger charge is -2.35. The standard InChI is InChI=1S/C18H28O8/c1-10(19)22-9-13-6-7-14(23-11(2)20)8-15(24-12(3)21)17-16(13)25-18(4,5)26-17/h13-17H,6-9H2,1-5H3. The molecule has 8 heteroatoms. The van der Waals surface area contributed by atoms with Gasteiger partial charge in [-0.25, -0.2) is 0 Å². The third-order valence-corrected chi connectivity index (χ3v) is 4.50. The lowest BCUT2D eigenvalue weighted by molar-refractivity contribution is -0.174. The molecule has 1 saturated carbocycles. The molecule has 1 heterocycles. The number of hydrogen-bond acceptors (Lipinski definition) is 8. The number of hydrogen-bond donors (Lipinski definition) is 0. The number of rotatable bonds is 4. The first kappa shape index (κ1) is 20.6. The molecular weight excluding hydrogens is 344 g/mol. The van der Waals surface area contributed by atoms with E-state index >= 15 is 0 Å². The van der Waals surface area contributed by atoms with E-state index in [0.29, 0.717) is 19.3 Å². The van der Waals surface area contributed by atoms with E-state index < -0.39 is 42.1 Å². The van der Waals surface area contributed by atoms with E-state index in [1.54, 1.807) is 13.8 Å². The fourth-order valence-electron chi connectivity index (χ4n) is 3.62. The summed E-state index contributed by atoms with van der Waals surface area (Å²) in [4.78, 5) is 34.2. The molecule has 0 aromatic heterocycles. The normalized spacial score (nSPS) is 33.3.